The zero-order valence-electron chi connectivity index (χ0n) is 22.2. The number of hydrogen-bond donors (Lipinski definition) is 2. The standard InChI is InChI=1S/C30H26ClF2N3O6/c31-24-12-20(7-8-23(24)30(39)9-10-36(16-30)19-11-18(28(37)38)13-34-14-19)40-15-22-26(35-42-27(22)17-5-6-17)21-3-1-2-4-25(21)41-29(32)33/h1-4,7-8,11-14,17,29,39H,5-6,9-10,15-16H2,(H,37,38). The Morgan fingerprint density at radius 2 is 2.00 bits per heavy atom. The van der Waals surface area contributed by atoms with Gasteiger partial charge in [-0.05, 0) is 49.6 Å². The molecule has 1 saturated carbocycles. The summed E-state index contributed by atoms with van der Waals surface area (Å²) in [5, 5.41) is 25.3. The molecular weight excluding hydrogens is 572 g/mol. The molecule has 2 N–H and O–H groups in total. The predicted octanol–water partition coefficient (Wildman–Crippen LogP) is 6.24. The third kappa shape index (κ3) is 5.62. The lowest BCUT2D eigenvalue weighted by Crippen LogP contribution is -2.31. The van der Waals surface area contributed by atoms with Crippen LogP contribution in [0.4, 0.5) is 14.5 Å². The highest BCUT2D eigenvalue weighted by molar-refractivity contribution is 6.31. The van der Waals surface area contributed by atoms with Crippen molar-refractivity contribution in [1.29, 1.82) is 0 Å². The second kappa shape index (κ2) is 11.2. The number of carboxylic acid groups (broad SMARTS) is 1. The van der Waals surface area contributed by atoms with E-state index in [1.54, 1.807) is 42.6 Å². The van der Waals surface area contributed by atoms with E-state index in [4.69, 9.17) is 25.6 Å². The van der Waals surface area contributed by atoms with Crippen LogP contribution in [0.5, 0.6) is 11.5 Å². The van der Waals surface area contributed by atoms with E-state index in [1.807, 2.05) is 4.90 Å². The topological polar surface area (TPSA) is 118 Å². The minimum Gasteiger partial charge on any atom is -0.489 e. The number of β-amino-alcohol motifs (C(OH)–C–C–N with tert-alkyl or cyclic N) is 1. The van der Waals surface area contributed by atoms with Crippen LogP contribution >= 0.6 is 11.6 Å². The molecule has 42 heavy (non-hydrogen) atoms. The number of halogens is 3. The van der Waals surface area contributed by atoms with Crippen LogP contribution in [-0.2, 0) is 12.2 Å². The highest BCUT2D eigenvalue weighted by Gasteiger charge is 2.40. The van der Waals surface area contributed by atoms with Crippen LogP contribution < -0.4 is 14.4 Å². The summed E-state index contributed by atoms with van der Waals surface area (Å²) >= 11 is 6.64. The Kier molecular flexibility index (Phi) is 7.46. The third-order valence-electron chi connectivity index (χ3n) is 7.53. The van der Waals surface area contributed by atoms with Gasteiger partial charge >= 0.3 is 12.6 Å². The number of para-hydroxylation sites is 1. The van der Waals surface area contributed by atoms with Gasteiger partial charge in [0.05, 0.1) is 34.6 Å². The number of carboxylic acids is 1. The zero-order valence-corrected chi connectivity index (χ0v) is 22.9. The van der Waals surface area contributed by atoms with E-state index in [9.17, 15) is 23.8 Å². The largest absolute Gasteiger partial charge is 0.489 e. The molecule has 0 amide bonds. The average Bonchev–Trinajstić information content (AvgIpc) is 3.60. The number of ether oxygens (including phenoxy) is 2. The average molecular weight is 598 g/mol. The molecule has 12 heteroatoms. The fourth-order valence-corrected chi connectivity index (χ4v) is 5.62. The molecule has 1 unspecified atom stereocenters. The molecular formula is C30H26ClF2N3O6. The predicted molar refractivity (Wildman–Crippen MR) is 148 cm³/mol. The minimum atomic E-state index is -2.99. The van der Waals surface area contributed by atoms with Crippen LogP contribution in [0.1, 0.15) is 52.4 Å². The Bertz CT molecular complexity index is 1630. The second-order valence-electron chi connectivity index (χ2n) is 10.4. The molecule has 2 aromatic carbocycles. The number of aromatic carboxylic acids is 1. The Hall–Kier alpha value is -4.22. The van der Waals surface area contributed by atoms with Gasteiger partial charge in [0.15, 0.2) is 0 Å². The van der Waals surface area contributed by atoms with Gasteiger partial charge in [0.1, 0.15) is 35.2 Å². The highest BCUT2D eigenvalue weighted by atomic mass is 35.5. The molecule has 1 saturated heterocycles. The number of benzene rings is 2. The van der Waals surface area contributed by atoms with Gasteiger partial charge in [-0.3, -0.25) is 4.98 Å². The zero-order chi connectivity index (χ0) is 29.4. The lowest BCUT2D eigenvalue weighted by molar-refractivity contribution is -0.0494. The lowest BCUT2D eigenvalue weighted by atomic mass is 9.93. The van der Waals surface area contributed by atoms with E-state index < -0.39 is 18.2 Å². The molecule has 9 nitrogen and oxygen atoms in total. The van der Waals surface area contributed by atoms with Crippen LogP contribution in [-0.4, -0.2) is 46.0 Å². The van der Waals surface area contributed by atoms with Crippen molar-refractivity contribution in [2.24, 2.45) is 0 Å². The van der Waals surface area contributed by atoms with Crippen molar-refractivity contribution >= 4 is 23.3 Å². The molecule has 4 aromatic rings. The molecule has 1 atom stereocenters. The first-order valence-electron chi connectivity index (χ1n) is 13.3. The summed E-state index contributed by atoms with van der Waals surface area (Å²) in [6.07, 6.45) is 5.08. The van der Waals surface area contributed by atoms with Gasteiger partial charge in [0.25, 0.3) is 0 Å². The third-order valence-corrected chi connectivity index (χ3v) is 7.85. The summed E-state index contributed by atoms with van der Waals surface area (Å²) in [6, 6.07) is 12.9. The van der Waals surface area contributed by atoms with Crippen LogP contribution in [0.25, 0.3) is 11.3 Å². The fourth-order valence-electron chi connectivity index (χ4n) is 5.27. The quantitative estimate of drug-likeness (QED) is 0.219. The van der Waals surface area contributed by atoms with Crippen LogP contribution in [0, 0.1) is 0 Å². The number of carbonyl (C=O) groups is 1. The van der Waals surface area contributed by atoms with Crippen molar-refractivity contribution in [3.8, 4) is 22.8 Å². The van der Waals surface area contributed by atoms with Crippen molar-refractivity contribution in [2.75, 3.05) is 18.0 Å². The summed E-state index contributed by atoms with van der Waals surface area (Å²) in [5.41, 5.74) is 1.29. The van der Waals surface area contributed by atoms with Gasteiger partial charge in [-0.15, -0.1) is 0 Å². The van der Waals surface area contributed by atoms with Gasteiger partial charge in [-0.25, -0.2) is 4.79 Å². The van der Waals surface area contributed by atoms with Crippen molar-refractivity contribution in [1.82, 2.24) is 10.1 Å². The number of hydrogen-bond acceptors (Lipinski definition) is 8. The summed E-state index contributed by atoms with van der Waals surface area (Å²) in [4.78, 5) is 17.2. The van der Waals surface area contributed by atoms with Crippen molar-refractivity contribution in [3.63, 3.8) is 0 Å². The first kappa shape index (κ1) is 27.9. The van der Waals surface area contributed by atoms with Crippen LogP contribution in [0.2, 0.25) is 5.02 Å². The Morgan fingerprint density at radius 1 is 1.19 bits per heavy atom. The highest BCUT2D eigenvalue weighted by Crippen LogP contribution is 2.46. The number of nitrogens with zero attached hydrogens (tertiary/aromatic N) is 3. The maximum atomic E-state index is 13.0. The van der Waals surface area contributed by atoms with Crippen LogP contribution in [0.3, 0.4) is 0 Å². The number of aromatic nitrogens is 2. The lowest BCUT2D eigenvalue weighted by Gasteiger charge is -2.26. The van der Waals surface area contributed by atoms with Gasteiger partial charge in [-0.2, -0.15) is 8.78 Å². The molecule has 218 valence electrons. The van der Waals surface area contributed by atoms with Gasteiger partial charge in [0.2, 0.25) is 0 Å². The molecule has 6 rings (SSSR count). The summed E-state index contributed by atoms with van der Waals surface area (Å²) in [5.74, 6) is 0.185. The van der Waals surface area contributed by atoms with Gasteiger partial charge in [0, 0.05) is 29.8 Å². The molecule has 0 spiro atoms. The molecule has 0 radical (unpaired) electrons. The number of rotatable bonds is 10. The number of pyridine rings is 1. The molecule has 2 aliphatic rings. The minimum absolute atomic E-state index is 0.0129. The van der Waals surface area contributed by atoms with Crippen molar-refractivity contribution in [3.05, 3.63) is 88.4 Å². The smallest absolute Gasteiger partial charge is 0.387 e. The molecule has 2 aromatic heterocycles. The van der Waals surface area contributed by atoms with Crippen LogP contribution in [0.15, 0.2) is 65.4 Å². The summed E-state index contributed by atoms with van der Waals surface area (Å²) in [7, 11) is 0. The second-order valence-corrected chi connectivity index (χ2v) is 10.8. The summed E-state index contributed by atoms with van der Waals surface area (Å²) in [6.45, 7) is -2.26. The normalized spacial score (nSPS) is 18.5. The number of anilines is 1. The molecule has 0 bridgehead atoms. The monoisotopic (exact) mass is 597 g/mol. The van der Waals surface area contributed by atoms with E-state index in [-0.39, 0.29) is 30.4 Å². The number of aliphatic hydroxyl groups is 1. The molecule has 1 aliphatic heterocycles. The number of alkyl halides is 2. The van der Waals surface area contributed by atoms with E-state index in [2.05, 4.69) is 10.1 Å². The Morgan fingerprint density at radius 3 is 2.74 bits per heavy atom. The SMILES string of the molecule is O=C(O)c1cncc(N2CCC(O)(c3ccc(OCc4c(-c5ccccc5OC(F)F)noc4C4CC4)cc3Cl)C2)c1. The molecule has 1 aliphatic carbocycles. The van der Waals surface area contributed by atoms with Crippen molar-refractivity contribution in [2.45, 2.75) is 44.0 Å². The Balaban J connectivity index is 1.21. The Labute approximate surface area is 244 Å². The fraction of sp³-hybridized carbons (Fsp3) is 0.300. The van der Waals surface area contributed by atoms with Gasteiger partial charge in [-0.1, -0.05) is 35.0 Å². The van der Waals surface area contributed by atoms with E-state index in [0.717, 1.165) is 12.8 Å². The van der Waals surface area contributed by atoms with E-state index in [1.165, 1.54) is 18.3 Å². The van der Waals surface area contributed by atoms with E-state index in [0.29, 0.717) is 57.6 Å². The first-order chi connectivity index (χ1) is 20.2. The molecule has 2 fully saturated rings. The van der Waals surface area contributed by atoms with Crippen molar-refractivity contribution < 1.29 is 37.8 Å². The first-order valence-corrected chi connectivity index (χ1v) is 13.7. The van der Waals surface area contributed by atoms with E-state index >= 15 is 0 Å². The van der Waals surface area contributed by atoms with Gasteiger partial charge < -0.3 is 29.1 Å². The maximum Gasteiger partial charge on any atom is 0.387 e. The summed E-state index contributed by atoms with van der Waals surface area (Å²) < 4.78 is 42.5. The molecule has 3 heterocycles. The maximum absolute atomic E-state index is 13.0.